The van der Waals surface area contributed by atoms with Crippen molar-refractivity contribution in [2.45, 2.75) is 44.1 Å². The fourth-order valence-electron chi connectivity index (χ4n) is 1.94. The van der Waals surface area contributed by atoms with Gasteiger partial charge in [0.15, 0.2) is 0 Å². The van der Waals surface area contributed by atoms with E-state index in [-0.39, 0.29) is 6.54 Å². The van der Waals surface area contributed by atoms with Gasteiger partial charge in [-0.05, 0) is 25.9 Å². The summed E-state index contributed by atoms with van der Waals surface area (Å²) in [6.45, 7) is 1.49. The second kappa shape index (κ2) is 6.64. The molecule has 0 aliphatic carbocycles. The Balaban J connectivity index is 2.46. The maximum atomic E-state index is 12.2. The minimum absolute atomic E-state index is 0.112. The molecule has 1 saturated heterocycles. The summed E-state index contributed by atoms with van der Waals surface area (Å²) in [6.07, 6.45) is -13.0. The molecule has 0 aromatic rings. The minimum Gasteiger partial charge on any atom is -0.443 e. The molecule has 1 rings (SSSR count). The van der Waals surface area contributed by atoms with Gasteiger partial charge >= 0.3 is 18.3 Å². The molecule has 0 saturated carbocycles. The van der Waals surface area contributed by atoms with E-state index in [1.165, 1.54) is 0 Å². The standard InChI is InChI=1S/C11H15F6NO2/c12-10(13,14)9(11(15,16)17)20-8(19)4-7-18-5-2-1-3-6-18/h9H,1-7H2. The van der Waals surface area contributed by atoms with Crippen LogP contribution in [-0.4, -0.2) is 49.0 Å². The van der Waals surface area contributed by atoms with E-state index in [9.17, 15) is 31.1 Å². The molecule has 3 nitrogen and oxygen atoms in total. The zero-order valence-corrected chi connectivity index (χ0v) is 10.6. The molecular weight excluding hydrogens is 292 g/mol. The first kappa shape index (κ1) is 17.1. The lowest BCUT2D eigenvalue weighted by molar-refractivity contribution is -0.313. The molecule has 0 atom stereocenters. The van der Waals surface area contributed by atoms with Crippen LogP contribution in [0.2, 0.25) is 0 Å². The van der Waals surface area contributed by atoms with Crippen molar-refractivity contribution in [2.75, 3.05) is 19.6 Å². The Morgan fingerprint density at radius 2 is 1.50 bits per heavy atom. The SMILES string of the molecule is O=C(CCN1CCCCC1)OC(C(F)(F)F)C(F)(F)F. The largest absolute Gasteiger partial charge is 0.443 e. The number of rotatable bonds is 4. The van der Waals surface area contributed by atoms with E-state index in [1.54, 1.807) is 0 Å². The molecule has 1 fully saturated rings. The molecule has 0 N–H and O–H groups in total. The summed E-state index contributed by atoms with van der Waals surface area (Å²) < 4.78 is 76.5. The summed E-state index contributed by atoms with van der Waals surface area (Å²) in [4.78, 5) is 13.0. The van der Waals surface area contributed by atoms with Crippen molar-refractivity contribution in [3.63, 3.8) is 0 Å². The van der Waals surface area contributed by atoms with Crippen LogP contribution in [0.5, 0.6) is 0 Å². The summed E-state index contributed by atoms with van der Waals surface area (Å²) in [5, 5.41) is 0. The molecule has 0 aromatic carbocycles. The van der Waals surface area contributed by atoms with Crippen LogP contribution in [0.25, 0.3) is 0 Å². The van der Waals surface area contributed by atoms with Crippen LogP contribution in [-0.2, 0) is 9.53 Å². The van der Waals surface area contributed by atoms with E-state index in [0.29, 0.717) is 13.1 Å². The first-order valence-electron chi connectivity index (χ1n) is 6.16. The van der Waals surface area contributed by atoms with Crippen LogP contribution in [0, 0.1) is 0 Å². The van der Waals surface area contributed by atoms with E-state index in [1.807, 2.05) is 4.90 Å². The monoisotopic (exact) mass is 307 g/mol. The van der Waals surface area contributed by atoms with Crippen molar-refractivity contribution in [3.8, 4) is 0 Å². The van der Waals surface area contributed by atoms with Crippen LogP contribution >= 0.6 is 0 Å². The number of carbonyl (C=O) groups excluding carboxylic acids is 1. The van der Waals surface area contributed by atoms with Gasteiger partial charge < -0.3 is 9.64 Å². The number of hydrogen-bond acceptors (Lipinski definition) is 3. The van der Waals surface area contributed by atoms with Crippen molar-refractivity contribution in [1.82, 2.24) is 4.90 Å². The molecule has 1 heterocycles. The number of halogens is 6. The third-order valence-electron chi connectivity index (χ3n) is 2.92. The van der Waals surface area contributed by atoms with Gasteiger partial charge in [0.2, 0.25) is 0 Å². The highest BCUT2D eigenvalue weighted by molar-refractivity contribution is 5.69. The van der Waals surface area contributed by atoms with E-state index in [4.69, 9.17) is 0 Å². The van der Waals surface area contributed by atoms with Crippen LogP contribution in [0.15, 0.2) is 0 Å². The van der Waals surface area contributed by atoms with Gasteiger partial charge in [-0.2, -0.15) is 26.3 Å². The molecule has 0 spiro atoms. The second-order valence-corrected chi connectivity index (χ2v) is 4.61. The highest BCUT2D eigenvalue weighted by Crippen LogP contribution is 2.35. The van der Waals surface area contributed by atoms with E-state index in [2.05, 4.69) is 4.74 Å². The average Bonchev–Trinajstić information content (AvgIpc) is 2.32. The zero-order valence-electron chi connectivity index (χ0n) is 10.6. The predicted octanol–water partition coefficient (Wildman–Crippen LogP) is 2.90. The molecule has 0 unspecified atom stereocenters. The summed E-state index contributed by atoms with van der Waals surface area (Å²) >= 11 is 0. The van der Waals surface area contributed by atoms with Gasteiger partial charge in [-0.1, -0.05) is 6.42 Å². The van der Waals surface area contributed by atoms with Crippen molar-refractivity contribution < 1.29 is 35.9 Å². The summed E-state index contributed by atoms with van der Waals surface area (Å²) in [5.41, 5.74) is 0. The molecule has 1 aliphatic rings. The second-order valence-electron chi connectivity index (χ2n) is 4.61. The van der Waals surface area contributed by atoms with E-state index in [0.717, 1.165) is 19.3 Å². The Morgan fingerprint density at radius 1 is 1.00 bits per heavy atom. The molecule has 118 valence electrons. The summed E-state index contributed by atoms with van der Waals surface area (Å²) in [7, 11) is 0. The molecule has 0 bridgehead atoms. The number of hydrogen-bond donors (Lipinski definition) is 0. The molecule has 1 aliphatic heterocycles. The third-order valence-corrected chi connectivity index (χ3v) is 2.92. The number of esters is 1. The van der Waals surface area contributed by atoms with Crippen molar-refractivity contribution in [1.29, 1.82) is 0 Å². The first-order valence-corrected chi connectivity index (χ1v) is 6.16. The lowest BCUT2D eigenvalue weighted by Gasteiger charge is -2.27. The third kappa shape index (κ3) is 5.56. The minimum atomic E-state index is -5.65. The Hall–Kier alpha value is -0.990. The number of nitrogens with zero attached hydrogens (tertiary/aromatic N) is 1. The topological polar surface area (TPSA) is 29.5 Å². The van der Waals surface area contributed by atoms with Gasteiger partial charge in [-0.25, -0.2) is 0 Å². The fourth-order valence-corrected chi connectivity index (χ4v) is 1.94. The predicted molar refractivity (Wildman–Crippen MR) is 56.9 cm³/mol. The van der Waals surface area contributed by atoms with Gasteiger partial charge in [0, 0.05) is 6.54 Å². The fraction of sp³-hybridized carbons (Fsp3) is 0.909. The highest BCUT2D eigenvalue weighted by Gasteiger charge is 2.59. The van der Waals surface area contributed by atoms with Crippen LogP contribution in [0.4, 0.5) is 26.3 Å². The van der Waals surface area contributed by atoms with Gasteiger partial charge in [0.25, 0.3) is 6.10 Å². The normalized spacial score (nSPS) is 18.4. The van der Waals surface area contributed by atoms with Gasteiger partial charge in [-0.15, -0.1) is 0 Å². The molecule has 0 radical (unpaired) electrons. The average molecular weight is 307 g/mol. The molecule has 9 heteroatoms. The van der Waals surface area contributed by atoms with Gasteiger partial charge in [-0.3, -0.25) is 4.79 Å². The maximum Gasteiger partial charge on any atom is 0.434 e. The van der Waals surface area contributed by atoms with E-state index >= 15 is 0 Å². The van der Waals surface area contributed by atoms with Gasteiger partial charge in [0.1, 0.15) is 0 Å². The lowest BCUT2D eigenvalue weighted by atomic mass is 10.1. The van der Waals surface area contributed by atoms with Crippen molar-refractivity contribution >= 4 is 5.97 Å². The Bertz CT molecular complexity index is 308. The van der Waals surface area contributed by atoms with E-state index < -0.39 is 30.8 Å². The number of carbonyl (C=O) groups is 1. The first-order chi connectivity index (χ1) is 9.10. The highest BCUT2D eigenvalue weighted by atomic mass is 19.4. The van der Waals surface area contributed by atoms with Crippen molar-refractivity contribution in [2.24, 2.45) is 0 Å². The number of alkyl halides is 6. The zero-order chi connectivity index (χ0) is 15.4. The van der Waals surface area contributed by atoms with Crippen LogP contribution in [0.1, 0.15) is 25.7 Å². The Morgan fingerprint density at radius 3 is 1.95 bits per heavy atom. The Kier molecular flexibility index (Phi) is 5.67. The Labute approximate surface area is 111 Å². The van der Waals surface area contributed by atoms with Crippen molar-refractivity contribution in [3.05, 3.63) is 0 Å². The number of ether oxygens (including phenoxy) is 1. The smallest absolute Gasteiger partial charge is 0.434 e. The maximum absolute atomic E-state index is 12.2. The van der Waals surface area contributed by atoms with Crippen LogP contribution in [0.3, 0.4) is 0 Å². The summed E-state index contributed by atoms with van der Waals surface area (Å²) in [6, 6.07) is 0. The molecule has 0 aromatic heterocycles. The number of likely N-dealkylation sites (tertiary alicyclic amines) is 1. The number of piperidine rings is 1. The quantitative estimate of drug-likeness (QED) is 0.591. The molecule has 0 amide bonds. The lowest BCUT2D eigenvalue weighted by Crippen LogP contribution is -2.46. The summed E-state index contributed by atoms with van der Waals surface area (Å²) in [5.74, 6) is -1.49. The molecular formula is C11H15F6NO2. The van der Waals surface area contributed by atoms with Crippen LogP contribution < -0.4 is 0 Å². The van der Waals surface area contributed by atoms with Gasteiger partial charge in [0.05, 0.1) is 6.42 Å². The molecule has 20 heavy (non-hydrogen) atoms.